The van der Waals surface area contributed by atoms with E-state index in [0.29, 0.717) is 13.2 Å². The van der Waals surface area contributed by atoms with E-state index in [1.807, 2.05) is 37.8 Å². The smallest absolute Gasteiger partial charge is 0.162 e. The number of rotatable bonds is 4. The average molecular weight is 305 g/mol. The Hall–Kier alpha value is -1.66. The van der Waals surface area contributed by atoms with E-state index < -0.39 is 0 Å². The lowest BCUT2D eigenvalue weighted by atomic mass is 10.3. The van der Waals surface area contributed by atoms with Gasteiger partial charge in [-0.25, -0.2) is 0 Å². The van der Waals surface area contributed by atoms with Gasteiger partial charge in [0.05, 0.1) is 5.69 Å². The number of hydrogen-bond acceptors (Lipinski definition) is 5. The molecule has 6 heteroatoms. The molecule has 0 saturated carbocycles. The monoisotopic (exact) mass is 305 g/mol. The number of hydrogen-bond donors (Lipinski definition) is 1. The molecule has 1 aliphatic heterocycles. The molecule has 0 unspecified atom stereocenters. The van der Waals surface area contributed by atoms with Gasteiger partial charge in [0.2, 0.25) is 0 Å². The Labute approximate surface area is 128 Å². The molecule has 2 aromatic rings. The first kappa shape index (κ1) is 14.3. The lowest BCUT2D eigenvalue weighted by Gasteiger charge is -2.18. The predicted octanol–water partition coefficient (Wildman–Crippen LogP) is 2.37. The van der Waals surface area contributed by atoms with Crippen molar-refractivity contribution < 1.29 is 9.47 Å². The second-order valence-corrected chi connectivity index (χ2v) is 5.99. The van der Waals surface area contributed by atoms with Crippen molar-refractivity contribution >= 4 is 11.8 Å². The Balaban J connectivity index is 1.90. The molecule has 1 N–H and O–H groups in total. The van der Waals surface area contributed by atoms with Gasteiger partial charge in [-0.05, 0) is 32.2 Å². The first-order valence-electron chi connectivity index (χ1n) is 6.93. The summed E-state index contributed by atoms with van der Waals surface area (Å²) in [5.74, 6) is 1.64. The summed E-state index contributed by atoms with van der Waals surface area (Å²) < 4.78 is 13.1. The SMILES string of the molecule is CNCc1c(C)nn(C)c1Sc1ccc2c(c1)OCCO2. The minimum atomic E-state index is 0.608. The van der Waals surface area contributed by atoms with Crippen LogP contribution in [-0.2, 0) is 13.6 Å². The fourth-order valence-electron chi connectivity index (χ4n) is 2.39. The van der Waals surface area contributed by atoms with Crippen molar-refractivity contribution in [1.82, 2.24) is 15.1 Å². The van der Waals surface area contributed by atoms with E-state index in [0.717, 1.165) is 33.7 Å². The van der Waals surface area contributed by atoms with Crippen molar-refractivity contribution in [3.05, 3.63) is 29.5 Å². The maximum atomic E-state index is 5.64. The van der Waals surface area contributed by atoms with E-state index in [-0.39, 0.29) is 0 Å². The van der Waals surface area contributed by atoms with Crippen LogP contribution in [0.15, 0.2) is 28.1 Å². The maximum Gasteiger partial charge on any atom is 0.162 e. The molecule has 0 aliphatic carbocycles. The third kappa shape index (κ3) is 2.87. The van der Waals surface area contributed by atoms with Crippen LogP contribution in [0.1, 0.15) is 11.3 Å². The molecule has 1 aliphatic rings. The van der Waals surface area contributed by atoms with Crippen LogP contribution in [-0.4, -0.2) is 30.0 Å². The van der Waals surface area contributed by atoms with Crippen LogP contribution in [0.2, 0.25) is 0 Å². The molecule has 0 amide bonds. The summed E-state index contributed by atoms with van der Waals surface area (Å²) in [5.41, 5.74) is 2.30. The molecule has 0 spiro atoms. The molecule has 0 saturated heterocycles. The van der Waals surface area contributed by atoms with Crippen LogP contribution in [0.5, 0.6) is 11.5 Å². The molecule has 0 bridgehead atoms. The highest BCUT2D eigenvalue weighted by atomic mass is 32.2. The minimum Gasteiger partial charge on any atom is -0.486 e. The molecule has 21 heavy (non-hydrogen) atoms. The van der Waals surface area contributed by atoms with Crippen molar-refractivity contribution in [2.24, 2.45) is 7.05 Å². The number of benzene rings is 1. The molecule has 2 heterocycles. The molecule has 1 aromatic carbocycles. The number of fused-ring (bicyclic) bond motifs is 1. The quantitative estimate of drug-likeness (QED) is 0.940. The molecular weight excluding hydrogens is 286 g/mol. The Bertz CT molecular complexity index is 655. The summed E-state index contributed by atoms with van der Waals surface area (Å²) >= 11 is 1.70. The Morgan fingerprint density at radius 1 is 1.29 bits per heavy atom. The van der Waals surface area contributed by atoms with Gasteiger partial charge >= 0.3 is 0 Å². The van der Waals surface area contributed by atoms with Gasteiger partial charge in [0.1, 0.15) is 18.2 Å². The van der Waals surface area contributed by atoms with Crippen molar-refractivity contribution in [3.8, 4) is 11.5 Å². The predicted molar refractivity (Wildman–Crippen MR) is 82.3 cm³/mol. The third-order valence-corrected chi connectivity index (χ3v) is 4.56. The standard InChI is InChI=1S/C15H19N3O2S/c1-10-12(9-16-2)15(18(3)17-10)21-11-4-5-13-14(8-11)20-7-6-19-13/h4-5,8,16H,6-7,9H2,1-3H3. The van der Waals surface area contributed by atoms with E-state index in [1.165, 1.54) is 5.56 Å². The molecule has 1 aromatic heterocycles. The van der Waals surface area contributed by atoms with Crippen LogP contribution in [0, 0.1) is 6.92 Å². The van der Waals surface area contributed by atoms with Gasteiger partial charge in [-0.1, -0.05) is 11.8 Å². The van der Waals surface area contributed by atoms with Gasteiger partial charge in [0.15, 0.2) is 11.5 Å². The second-order valence-electron chi connectivity index (χ2n) is 4.93. The summed E-state index contributed by atoms with van der Waals surface area (Å²) in [6, 6.07) is 6.06. The zero-order valence-electron chi connectivity index (χ0n) is 12.5. The molecule has 5 nitrogen and oxygen atoms in total. The van der Waals surface area contributed by atoms with Crippen molar-refractivity contribution in [1.29, 1.82) is 0 Å². The van der Waals surface area contributed by atoms with Gasteiger partial charge in [0.25, 0.3) is 0 Å². The van der Waals surface area contributed by atoms with Crippen LogP contribution < -0.4 is 14.8 Å². The molecule has 0 radical (unpaired) electrons. The zero-order chi connectivity index (χ0) is 14.8. The highest BCUT2D eigenvalue weighted by molar-refractivity contribution is 7.99. The maximum absolute atomic E-state index is 5.64. The Morgan fingerprint density at radius 2 is 2.05 bits per heavy atom. The van der Waals surface area contributed by atoms with Crippen LogP contribution in [0.4, 0.5) is 0 Å². The summed E-state index contributed by atoms with van der Waals surface area (Å²) in [6.45, 7) is 4.08. The fraction of sp³-hybridized carbons (Fsp3) is 0.400. The van der Waals surface area contributed by atoms with E-state index in [2.05, 4.69) is 16.5 Å². The van der Waals surface area contributed by atoms with E-state index >= 15 is 0 Å². The minimum absolute atomic E-state index is 0.608. The van der Waals surface area contributed by atoms with Crippen LogP contribution in [0.25, 0.3) is 0 Å². The summed E-state index contributed by atoms with van der Waals surface area (Å²) in [7, 11) is 3.93. The first-order valence-corrected chi connectivity index (χ1v) is 7.75. The van der Waals surface area contributed by atoms with Gasteiger partial charge < -0.3 is 14.8 Å². The summed E-state index contributed by atoms with van der Waals surface area (Å²) in [6.07, 6.45) is 0. The van der Waals surface area contributed by atoms with Crippen molar-refractivity contribution in [2.45, 2.75) is 23.4 Å². The van der Waals surface area contributed by atoms with E-state index in [4.69, 9.17) is 9.47 Å². The number of aryl methyl sites for hydroxylation is 2. The Kier molecular flexibility index (Phi) is 4.07. The van der Waals surface area contributed by atoms with E-state index in [9.17, 15) is 0 Å². The fourth-order valence-corrected chi connectivity index (χ4v) is 3.43. The topological polar surface area (TPSA) is 48.3 Å². The Morgan fingerprint density at radius 3 is 2.81 bits per heavy atom. The molecule has 0 fully saturated rings. The summed E-state index contributed by atoms with van der Waals surface area (Å²) in [4.78, 5) is 1.12. The summed E-state index contributed by atoms with van der Waals surface area (Å²) in [5, 5.41) is 8.87. The molecule has 3 rings (SSSR count). The van der Waals surface area contributed by atoms with Gasteiger partial charge in [-0.15, -0.1) is 0 Å². The number of ether oxygens (including phenoxy) is 2. The molecule has 0 atom stereocenters. The highest BCUT2D eigenvalue weighted by Crippen LogP contribution is 2.38. The number of nitrogens with zero attached hydrogens (tertiary/aromatic N) is 2. The van der Waals surface area contributed by atoms with Gasteiger partial charge in [0, 0.05) is 24.1 Å². The van der Waals surface area contributed by atoms with Crippen LogP contribution in [0.3, 0.4) is 0 Å². The lowest BCUT2D eigenvalue weighted by molar-refractivity contribution is 0.171. The number of aromatic nitrogens is 2. The first-order chi connectivity index (χ1) is 10.2. The average Bonchev–Trinajstić information content (AvgIpc) is 2.75. The third-order valence-electron chi connectivity index (χ3n) is 3.37. The largest absolute Gasteiger partial charge is 0.486 e. The zero-order valence-corrected chi connectivity index (χ0v) is 13.3. The van der Waals surface area contributed by atoms with Crippen molar-refractivity contribution in [3.63, 3.8) is 0 Å². The lowest BCUT2D eigenvalue weighted by Crippen LogP contribution is -2.15. The van der Waals surface area contributed by atoms with Gasteiger partial charge in [-0.3, -0.25) is 4.68 Å². The highest BCUT2D eigenvalue weighted by Gasteiger charge is 2.16. The van der Waals surface area contributed by atoms with Crippen molar-refractivity contribution in [2.75, 3.05) is 20.3 Å². The normalized spacial score (nSPS) is 13.5. The number of nitrogens with one attached hydrogen (secondary N) is 1. The molecule has 112 valence electrons. The van der Waals surface area contributed by atoms with Gasteiger partial charge in [-0.2, -0.15) is 5.10 Å². The van der Waals surface area contributed by atoms with Crippen LogP contribution >= 0.6 is 11.8 Å². The second kappa shape index (κ2) is 5.99. The van der Waals surface area contributed by atoms with E-state index in [1.54, 1.807) is 11.8 Å². The molecular formula is C15H19N3O2S.